The molecular weight excluding hydrogens is 458 g/mol. The third-order valence-electron chi connectivity index (χ3n) is 7.20. The molecule has 1 saturated heterocycles. The highest BCUT2D eigenvalue weighted by Crippen LogP contribution is 2.47. The van der Waals surface area contributed by atoms with Crippen LogP contribution in [0.3, 0.4) is 0 Å². The van der Waals surface area contributed by atoms with E-state index in [-0.39, 0.29) is 17.9 Å². The number of nitrogens with two attached hydrogens (primary N) is 1. The minimum Gasteiger partial charge on any atom is -0.459 e. The predicted molar refractivity (Wildman–Crippen MR) is 134 cm³/mol. The summed E-state index contributed by atoms with van der Waals surface area (Å²) in [6.45, 7) is 3.57. The number of rotatable bonds is 4. The molecule has 0 bridgehead atoms. The topological polar surface area (TPSA) is 106 Å². The van der Waals surface area contributed by atoms with Crippen LogP contribution < -0.4 is 10.6 Å². The number of benzene rings is 2. The van der Waals surface area contributed by atoms with E-state index in [1.165, 1.54) is 4.90 Å². The van der Waals surface area contributed by atoms with Gasteiger partial charge in [-0.25, -0.2) is 4.79 Å². The van der Waals surface area contributed by atoms with E-state index in [1.807, 2.05) is 54.6 Å². The van der Waals surface area contributed by atoms with Crippen LogP contribution in [0, 0.1) is 0 Å². The fourth-order valence-electron chi connectivity index (χ4n) is 5.26. The summed E-state index contributed by atoms with van der Waals surface area (Å²) in [5.41, 5.74) is 9.12. The second kappa shape index (κ2) is 9.62. The zero-order valence-corrected chi connectivity index (χ0v) is 20.2. The van der Waals surface area contributed by atoms with Gasteiger partial charge in [0.1, 0.15) is 5.76 Å². The van der Waals surface area contributed by atoms with Crippen molar-refractivity contribution in [1.29, 1.82) is 0 Å². The standard InChI is InChI=1S/C28H29N3O5/c1-2-35-27(34)26(33)31-18-28(21-16-19(17-29)8-9-22(21)31)12-14-30(15-13-28)25(32)24-11-10-23(36-24)20-6-4-3-5-7-20/h3-11,16H,2,12-15,17-18,29H2,1H3. The molecule has 2 amide bonds. The number of esters is 1. The van der Waals surface area contributed by atoms with Crippen LogP contribution in [-0.2, 0) is 26.3 Å². The summed E-state index contributed by atoms with van der Waals surface area (Å²) in [6.07, 6.45) is 1.30. The van der Waals surface area contributed by atoms with Crippen LogP contribution in [0.1, 0.15) is 41.4 Å². The first-order chi connectivity index (χ1) is 17.5. The lowest BCUT2D eigenvalue weighted by molar-refractivity contribution is -0.153. The number of likely N-dealkylation sites (tertiary alicyclic amines) is 1. The lowest BCUT2D eigenvalue weighted by Gasteiger charge is -2.39. The summed E-state index contributed by atoms with van der Waals surface area (Å²) in [5, 5.41) is 0. The first-order valence-corrected chi connectivity index (χ1v) is 12.2. The maximum Gasteiger partial charge on any atom is 0.397 e. The quantitative estimate of drug-likeness (QED) is 0.446. The van der Waals surface area contributed by atoms with Crippen molar-refractivity contribution in [2.24, 2.45) is 5.73 Å². The van der Waals surface area contributed by atoms with Gasteiger partial charge in [0.15, 0.2) is 5.76 Å². The monoisotopic (exact) mass is 487 g/mol. The third kappa shape index (κ3) is 4.18. The fourth-order valence-corrected chi connectivity index (χ4v) is 5.26. The minimum absolute atomic E-state index is 0.137. The van der Waals surface area contributed by atoms with E-state index in [0.29, 0.717) is 56.2 Å². The van der Waals surface area contributed by atoms with Crippen LogP contribution in [-0.4, -0.2) is 48.9 Å². The molecule has 3 aromatic rings. The Kier molecular flexibility index (Phi) is 6.36. The van der Waals surface area contributed by atoms with Crippen molar-refractivity contribution in [2.75, 3.05) is 31.1 Å². The van der Waals surface area contributed by atoms with E-state index in [9.17, 15) is 14.4 Å². The number of fused-ring (bicyclic) bond motifs is 2. The second-order valence-corrected chi connectivity index (χ2v) is 9.27. The van der Waals surface area contributed by atoms with Gasteiger partial charge in [-0.3, -0.25) is 9.59 Å². The predicted octanol–water partition coefficient (Wildman–Crippen LogP) is 3.49. The molecule has 186 valence electrons. The highest BCUT2D eigenvalue weighted by Gasteiger charge is 2.48. The highest BCUT2D eigenvalue weighted by molar-refractivity contribution is 6.38. The number of hydrogen-bond acceptors (Lipinski definition) is 6. The van der Waals surface area contributed by atoms with E-state index >= 15 is 0 Å². The molecule has 1 aromatic heterocycles. The van der Waals surface area contributed by atoms with Gasteiger partial charge >= 0.3 is 11.9 Å². The normalized spacial score (nSPS) is 16.2. The lowest BCUT2D eigenvalue weighted by atomic mass is 9.74. The average molecular weight is 488 g/mol. The zero-order chi connectivity index (χ0) is 25.3. The molecule has 1 spiro atoms. The number of amides is 2. The fraction of sp³-hybridized carbons (Fsp3) is 0.321. The molecule has 8 heteroatoms. The van der Waals surface area contributed by atoms with Gasteiger partial charge in [0, 0.05) is 42.8 Å². The molecule has 36 heavy (non-hydrogen) atoms. The van der Waals surface area contributed by atoms with Gasteiger partial charge in [-0.15, -0.1) is 0 Å². The smallest absolute Gasteiger partial charge is 0.397 e. The Morgan fingerprint density at radius 2 is 1.78 bits per heavy atom. The molecule has 0 saturated carbocycles. The van der Waals surface area contributed by atoms with Crippen molar-refractivity contribution in [3.8, 4) is 11.3 Å². The Morgan fingerprint density at radius 1 is 1.03 bits per heavy atom. The zero-order valence-electron chi connectivity index (χ0n) is 20.2. The molecule has 0 aliphatic carbocycles. The number of piperidine rings is 1. The molecule has 1 fully saturated rings. The number of carbonyl (C=O) groups is 3. The van der Waals surface area contributed by atoms with Gasteiger partial charge < -0.3 is 24.7 Å². The van der Waals surface area contributed by atoms with Crippen LogP contribution in [0.2, 0.25) is 0 Å². The van der Waals surface area contributed by atoms with E-state index in [1.54, 1.807) is 17.9 Å². The first kappa shape index (κ1) is 23.8. The van der Waals surface area contributed by atoms with E-state index in [4.69, 9.17) is 14.9 Å². The molecule has 8 nitrogen and oxygen atoms in total. The van der Waals surface area contributed by atoms with Crippen molar-refractivity contribution >= 4 is 23.5 Å². The minimum atomic E-state index is -0.858. The number of nitrogens with zero attached hydrogens (tertiary/aromatic N) is 2. The molecule has 2 aliphatic rings. The summed E-state index contributed by atoms with van der Waals surface area (Å²) in [7, 11) is 0. The van der Waals surface area contributed by atoms with Gasteiger partial charge in [-0.05, 0) is 49.1 Å². The van der Waals surface area contributed by atoms with Crippen molar-refractivity contribution < 1.29 is 23.5 Å². The Hall–Kier alpha value is -3.91. The van der Waals surface area contributed by atoms with Gasteiger partial charge in [0.25, 0.3) is 5.91 Å². The van der Waals surface area contributed by atoms with Crippen molar-refractivity contribution in [3.05, 3.63) is 77.6 Å². The third-order valence-corrected chi connectivity index (χ3v) is 7.20. The van der Waals surface area contributed by atoms with Gasteiger partial charge in [-0.1, -0.05) is 42.5 Å². The Morgan fingerprint density at radius 3 is 2.47 bits per heavy atom. The van der Waals surface area contributed by atoms with Crippen molar-refractivity contribution in [1.82, 2.24) is 4.90 Å². The summed E-state index contributed by atoms with van der Waals surface area (Å²) in [5.74, 6) is -0.720. The number of carbonyl (C=O) groups excluding carboxylic acids is 3. The number of hydrogen-bond donors (Lipinski definition) is 1. The van der Waals surface area contributed by atoms with E-state index in [2.05, 4.69) is 0 Å². The molecule has 2 aliphatic heterocycles. The molecule has 0 unspecified atom stereocenters. The average Bonchev–Trinajstić information content (AvgIpc) is 3.53. The number of furan rings is 1. The highest BCUT2D eigenvalue weighted by atomic mass is 16.5. The SMILES string of the molecule is CCOC(=O)C(=O)N1CC2(CCN(C(=O)c3ccc(-c4ccccc4)o3)CC2)c2cc(CN)ccc21. The maximum absolute atomic E-state index is 13.2. The van der Waals surface area contributed by atoms with Crippen molar-refractivity contribution in [3.63, 3.8) is 0 Å². The molecule has 0 radical (unpaired) electrons. The Balaban J connectivity index is 1.35. The Bertz CT molecular complexity index is 1290. The van der Waals surface area contributed by atoms with Crippen LogP contribution in [0.15, 0.2) is 65.1 Å². The van der Waals surface area contributed by atoms with Gasteiger partial charge in [0.05, 0.1) is 6.61 Å². The summed E-state index contributed by atoms with van der Waals surface area (Å²) in [4.78, 5) is 41.7. The Labute approximate surface area is 209 Å². The first-order valence-electron chi connectivity index (χ1n) is 12.2. The summed E-state index contributed by atoms with van der Waals surface area (Å²) >= 11 is 0. The van der Waals surface area contributed by atoms with E-state index < -0.39 is 11.9 Å². The lowest BCUT2D eigenvalue weighted by Crippen LogP contribution is -2.48. The van der Waals surface area contributed by atoms with Crippen molar-refractivity contribution in [2.45, 2.75) is 31.7 Å². The molecule has 5 rings (SSSR count). The summed E-state index contributed by atoms with van der Waals surface area (Å²) < 4.78 is 10.8. The van der Waals surface area contributed by atoms with E-state index in [0.717, 1.165) is 16.7 Å². The van der Waals surface area contributed by atoms with Crippen LogP contribution >= 0.6 is 0 Å². The summed E-state index contributed by atoms with van der Waals surface area (Å²) in [6, 6.07) is 19.0. The number of ether oxygens (including phenoxy) is 1. The maximum atomic E-state index is 13.2. The molecule has 3 heterocycles. The molecule has 2 N–H and O–H groups in total. The van der Waals surface area contributed by atoms with Gasteiger partial charge in [0.2, 0.25) is 0 Å². The molecule has 0 atom stereocenters. The largest absolute Gasteiger partial charge is 0.459 e. The second-order valence-electron chi connectivity index (χ2n) is 9.27. The van der Waals surface area contributed by atoms with Crippen LogP contribution in [0.4, 0.5) is 5.69 Å². The molecule has 2 aromatic carbocycles. The van der Waals surface area contributed by atoms with Gasteiger partial charge in [-0.2, -0.15) is 0 Å². The molecular formula is C28H29N3O5. The number of anilines is 1. The van der Waals surface area contributed by atoms with Crippen LogP contribution in [0.25, 0.3) is 11.3 Å². The van der Waals surface area contributed by atoms with Crippen LogP contribution in [0.5, 0.6) is 0 Å².